The van der Waals surface area contributed by atoms with Crippen LogP contribution in [-0.2, 0) is 0 Å². The van der Waals surface area contributed by atoms with E-state index in [-0.39, 0.29) is 0 Å². The number of hydrogen-bond acceptors (Lipinski definition) is 2. The van der Waals surface area contributed by atoms with Gasteiger partial charge in [0.1, 0.15) is 0 Å². The van der Waals surface area contributed by atoms with Crippen LogP contribution in [0.5, 0.6) is 0 Å². The van der Waals surface area contributed by atoms with Gasteiger partial charge in [0, 0.05) is 22.5 Å². The van der Waals surface area contributed by atoms with Gasteiger partial charge in [-0.2, -0.15) is 0 Å². The molecule has 12 aromatic rings. The first-order chi connectivity index (χ1) is 28.7. The summed E-state index contributed by atoms with van der Waals surface area (Å²) in [6.45, 7) is 0. The molecule has 0 bridgehead atoms. The highest BCUT2D eigenvalue weighted by Gasteiger charge is 2.19. The van der Waals surface area contributed by atoms with E-state index in [1.54, 1.807) is 0 Å². The molecule has 268 valence electrons. The van der Waals surface area contributed by atoms with Gasteiger partial charge >= 0.3 is 0 Å². The Morgan fingerprint density at radius 1 is 0.259 bits per heavy atom. The summed E-state index contributed by atoms with van der Waals surface area (Å²) in [5.41, 5.74) is 11.1. The van der Waals surface area contributed by atoms with Crippen molar-refractivity contribution in [2.45, 2.75) is 0 Å². The highest BCUT2D eigenvalue weighted by Crippen LogP contribution is 2.46. The number of benzene rings is 10. The van der Waals surface area contributed by atoms with E-state index in [9.17, 15) is 0 Å². The average Bonchev–Trinajstić information content (AvgIpc) is 3.30. The highest BCUT2D eigenvalue weighted by molar-refractivity contribution is 6.24. The first-order valence-electron chi connectivity index (χ1n) is 19.9. The van der Waals surface area contributed by atoms with Crippen LogP contribution in [0.4, 0.5) is 0 Å². The van der Waals surface area contributed by atoms with Gasteiger partial charge in [-0.25, -0.2) is 4.98 Å². The molecule has 0 saturated heterocycles. The van der Waals surface area contributed by atoms with Crippen molar-refractivity contribution >= 4 is 75.7 Å². The summed E-state index contributed by atoms with van der Waals surface area (Å²) < 4.78 is 0. The quantitative estimate of drug-likeness (QED) is 0.133. The number of pyridine rings is 2. The van der Waals surface area contributed by atoms with Gasteiger partial charge in [-0.1, -0.05) is 158 Å². The maximum Gasteiger partial charge on any atom is 0.0978 e. The molecule has 58 heavy (non-hydrogen) atoms. The van der Waals surface area contributed by atoms with E-state index in [1.165, 1.54) is 76.1 Å². The van der Waals surface area contributed by atoms with Gasteiger partial charge in [0.25, 0.3) is 0 Å². The van der Waals surface area contributed by atoms with Crippen LogP contribution < -0.4 is 0 Å². The van der Waals surface area contributed by atoms with Crippen LogP contribution in [0.2, 0.25) is 0 Å². The average molecular weight is 735 g/mol. The molecule has 10 aromatic carbocycles. The van der Waals surface area contributed by atoms with Crippen molar-refractivity contribution < 1.29 is 0 Å². The minimum absolute atomic E-state index is 0.927. The van der Waals surface area contributed by atoms with Crippen molar-refractivity contribution in [3.63, 3.8) is 0 Å². The Kier molecular flexibility index (Phi) is 7.26. The third kappa shape index (κ3) is 5.12. The van der Waals surface area contributed by atoms with Gasteiger partial charge in [-0.05, 0) is 130 Å². The van der Waals surface area contributed by atoms with E-state index >= 15 is 0 Å². The third-order valence-electron chi connectivity index (χ3n) is 12.0. The van der Waals surface area contributed by atoms with Gasteiger partial charge in [0.2, 0.25) is 0 Å². The largest absolute Gasteiger partial charge is 0.254 e. The lowest BCUT2D eigenvalue weighted by molar-refractivity contribution is 1.37. The normalized spacial score (nSPS) is 11.8. The van der Waals surface area contributed by atoms with Gasteiger partial charge in [-0.15, -0.1) is 0 Å². The molecule has 12 rings (SSSR count). The van der Waals surface area contributed by atoms with Crippen LogP contribution >= 0.6 is 0 Å². The lowest BCUT2D eigenvalue weighted by Crippen LogP contribution is -1.93. The second-order valence-electron chi connectivity index (χ2n) is 15.3. The van der Waals surface area contributed by atoms with Gasteiger partial charge < -0.3 is 0 Å². The van der Waals surface area contributed by atoms with E-state index in [4.69, 9.17) is 9.97 Å². The number of hydrogen-bond donors (Lipinski definition) is 0. The Hall–Kier alpha value is -7.68. The third-order valence-corrected chi connectivity index (χ3v) is 12.0. The predicted molar refractivity (Wildman–Crippen MR) is 246 cm³/mol. The Morgan fingerprint density at radius 3 is 1.45 bits per heavy atom. The van der Waals surface area contributed by atoms with Crippen molar-refractivity contribution in [2.24, 2.45) is 0 Å². The van der Waals surface area contributed by atoms with Crippen LogP contribution in [0.1, 0.15) is 0 Å². The fourth-order valence-corrected chi connectivity index (χ4v) is 9.31. The molecule has 0 aliphatic heterocycles. The summed E-state index contributed by atoms with van der Waals surface area (Å²) >= 11 is 0. The van der Waals surface area contributed by atoms with Crippen molar-refractivity contribution in [2.75, 3.05) is 0 Å². The molecule has 0 aliphatic carbocycles. The van der Waals surface area contributed by atoms with Crippen LogP contribution in [0.25, 0.3) is 120 Å². The smallest absolute Gasteiger partial charge is 0.0978 e. The maximum absolute atomic E-state index is 5.33. The predicted octanol–water partition coefficient (Wildman–Crippen LogP) is 15.2. The van der Waals surface area contributed by atoms with Crippen molar-refractivity contribution in [3.05, 3.63) is 206 Å². The summed E-state index contributed by atoms with van der Waals surface area (Å²) in [6, 6.07) is 73.0. The molecular weight excluding hydrogens is 701 g/mol. The van der Waals surface area contributed by atoms with Gasteiger partial charge in [0.15, 0.2) is 0 Å². The first-order valence-corrected chi connectivity index (χ1v) is 19.9. The molecule has 2 nitrogen and oxygen atoms in total. The van der Waals surface area contributed by atoms with E-state index in [0.29, 0.717) is 0 Å². The molecule has 2 aromatic heterocycles. The minimum Gasteiger partial charge on any atom is -0.254 e. The van der Waals surface area contributed by atoms with E-state index < -0.39 is 0 Å². The Morgan fingerprint density at radius 2 is 0.759 bits per heavy atom. The van der Waals surface area contributed by atoms with E-state index in [0.717, 1.165) is 44.2 Å². The van der Waals surface area contributed by atoms with Crippen molar-refractivity contribution in [1.82, 2.24) is 9.97 Å². The monoisotopic (exact) mass is 734 g/mol. The van der Waals surface area contributed by atoms with Crippen LogP contribution in [0.3, 0.4) is 0 Å². The number of rotatable bonds is 4. The number of nitrogens with zero attached hydrogens (tertiary/aromatic N) is 2. The number of fused-ring (bicyclic) bond motifs is 10. The standard InChI is InChI=1S/C56H34N2/c1-3-13-37-32-42(24-22-35(37)11-1)53-46-19-7-8-20-47(46)54(43-25-23-36-12-2-4-14-38(36)33-43)51-34-40(26-27-48(51)53)39-15-9-16-41(31-39)52-29-28-50-45-18-6-5-17-44(45)49-21-10-30-57-55(49)56(50)58-52/h1-34H. The zero-order valence-electron chi connectivity index (χ0n) is 31.5. The Balaban J connectivity index is 1.08. The molecule has 0 fully saturated rings. The summed E-state index contributed by atoms with van der Waals surface area (Å²) in [7, 11) is 0. The summed E-state index contributed by atoms with van der Waals surface area (Å²) in [4.78, 5) is 10.2. The fraction of sp³-hybridized carbons (Fsp3) is 0. The molecule has 0 saturated carbocycles. The molecular formula is C56H34N2. The van der Waals surface area contributed by atoms with Gasteiger partial charge in [-0.3, -0.25) is 4.98 Å². The summed E-state index contributed by atoms with van der Waals surface area (Å²) in [5.74, 6) is 0. The first kappa shape index (κ1) is 32.6. The summed E-state index contributed by atoms with van der Waals surface area (Å²) in [5, 5.41) is 14.6. The molecule has 2 heterocycles. The topological polar surface area (TPSA) is 25.8 Å². The summed E-state index contributed by atoms with van der Waals surface area (Å²) in [6.07, 6.45) is 1.87. The molecule has 0 unspecified atom stereocenters. The molecule has 0 radical (unpaired) electrons. The van der Waals surface area contributed by atoms with Crippen molar-refractivity contribution in [3.8, 4) is 44.6 Å². The fourth-order valence-electron chi connectivity index (χ4n) is 9.31. The second-order valence-corrected chi connectivity index (χ2v) is 15.3. The van der Waals surface area contributed by atoms with Crippen molar-refractivity contribution in [1.29, 1.82) is 0 Å². The lowest BCUT2D eigenvalue weighted by Gasteiger charge is -2.19. The molecule has 0 aliphatic rings. The van der Waals surface area contributed by atoms with Gasteiger partial charge in [0.05, 0.1) is 16.7 Å². The van der Waals surface area contributed by atoms with Crippen LogP contribution in [0.15, 0.2) is 206 Å². The molecule has 0 spiro atoms. The molecule has 0 N–H and O–H groups in total. The zero-order valence-corrected chi connectivity index (χ0v) is 31.5. The minimum atomic E-state index is 0.927. The molecule has 2 heteroatoms. The van der Waals surface area contributed by atoms with Crippen LogP contribution in [-0.4, -0.2) is 9.97 Å². The highest BCUT2D eigenvalue weighted by atomic mass is 14.8. The lowest BCUT2D eigenvalue weighted by atomic mass is 9.84. The Labute approximate surface area is 335 Å². The van der Waals surface area contributed by atoms with Crippen LogP contribution in [0, 0.1) is 0 Å². The zero-order chi connectivity index (χ0) is 38.2. The maximum atomic E-state index is 5.33. The molecule has 0 atom stereocenters. The second kappa shape index (κ2) is 12.9. The Bertz CT molecular complexity index is 3600. The van der Waals surface area contributed by atoms with E-state index in [2.05, 4.69) is 194 Å². The van der Waals surface area contributed by atoms with E-state index in [1.807, 2.05) is 12.3 Å². The molecule has 0 amide bonds. The number of aromatic nitrogens is 2. The SMILES string of the molecule is c1cc(-c2ccc3c(-c4ccc5ccccc5c4)c4ccccc4c(-c4ccc5ccccc5c4)c3c2)cc(-c2ccc3c4ccccc4c4cccnc4c3n2)c1.